The molecule has 0 aliphatic heterocycles. The van der Waals surface area contributed by atoms with E-state index in [1.807, 2.05) is 114 Å². The first-order valence-electron chi connectivity index (χ1n) is 11.2. The van der Waals surface area contributed by atoms with Crippen LogP contribution in [0.1, 0.15) is 0 Å². The Morgan fingerprint density at radius 1 is 0.559 bits per heavy atom. The van der Waals surface area contributed by atoms with Crippen LogP contribution in [0.3, 0.4) is 0 Å². The molecule has 162 valence electrons. The zero-order chi connectivity index (χ0) is 22.7. The van der Waals surface area contributed by atoms with Gasteiger partial charge in [0.2, 0.25) is 11.2 Å². The first-order chi connectivity index (χ1) is 16.9. The highest BCUT2D eigenvalue weighted by Gasteiger charge is 2.12. The number of fused-ring (bicyclic) bond motifs is 3. The molecular formula is C29H21N5. The zero-order valence-corrected chi connectivity index (χ0v) is 18.4. The van der Waals surface area contributed by atoms with Gasteiger partial charge in [0, 0.05) is 5.39 Å². The van der Waals surface area contributed by atoms with Crippen molar-refractivity contribution in [3.8, 4) is 5.69 Å². The van der Waals surface area contributed by atoms with Crippen molar-refractivity contribution in [2.75, 3.05) is 0 Å². The lowest BCUT2D eigenvalue weighted by atomic mass is 10.3. The molecule has 0 aliphatic carbocycles. The van der Waals surface area contributed by atoms with Gasteiger partial charge in [-0.1, -0.05) is 78.9 Å². The van der Waals surface area contributed by atoms with Gasteiger partial charge in [-0.3, -0.25) is 4.40 Å². The maximum Gasteiger partial charge on any atom is 0.239 e. The molecule has 0 unspecified atom stereocenters. The SMILES string of the molecule is c1ccc(N=c2nc3cc4cccccc4n3c(=Nc3ccccc3)n2-c2ccccc2)cc1. The maximum absolute atomic E-state index is 5.12. The highest BCUT2D eigenvalue weighted by molar-refractivity contribution is 5.85. The third-order valence-electron chi connectivity index (χ3n) is 5.60. The van der Waals surface area contributed by atoms with Crippen molar-refractivity contribution in [1.29, 1.82) is 0 Å². The minimum atomic E-state index is 0.562. The van der Waals surface area contributed by atoms with E-state index in [0.29, 0.717) is 5.62 Å². The van der Waals surface area contributed by atoms with Gasteiger partial charge in [0.25, 0.3) is 0 Å². The number of para-hydroxylation sites is 3. The Morgan fingerprint density at radius 3 is 1.79 bits per heavy atom. The number of rotatable bonds is 3. The molecule has 0 saturated heterocycles. The van der Waals surface area contributed by atoms with Crippen molar-refractivity contribution in [1.82, 2.24) is 14.0 Å². The van der Waals surface area contributed by atoms with Gasteiger partial charge >= 0.3 is 0 Å². The molecule has 5 nitrogen and oxygen atoms in total. The molecule has 0 saturated carbocycles. The number of benzene rings is 3. The van der Waals surface area contributed by atoms with Crippen LogP contribution in [0.15, 0.2) is 137 Å². The van der Waals surface area contributed by atoms with Gasteiger partial charge in [0.15, 0.2) is 0 Å². The Morgan fingerprint density at radius 2 is 1.12 bits per heavy atom. The molecule has 6 aromatic rings. The molecule has 0 spiro atoms. The number of hydrogen-bond acceptors (Lipinski definition) is 3. The molecule has 34 heavy (non-hydrogen) atoms. The van der Waals surface area contributed by atoms with E-state index < -0.39 is 0 Å². The molecule has 0 N–H and O–H groups in total. The van der Waals surface area contributed by atoms with Crippen LogP contribution in [0.2, 0.25) is 0 Å². The maximum atomic E-state index is 5.12. The molecule has 6 rings (SSSR count). The van der Waals surface area contributed by atoms with E-state index in [0.717, 1.165) is 39.2 Å². The number of hydrogen-bond donors (Lipinski definition) is 0. The van der Waals surface area contributed by atoms with Crippen molar-refractivity contribution in [3.63, 3.8) is 0 Å². The topological polar surface area (TPSA) is 46.9 Å². The summed E-state index contributed by atoms with van der Waals surface area (Å²) in [7, 11) is 0. The van der Waals surface area contributed by atoms with E-state index in [4.69, 9.17) is 15.0 Å². The summed E-state index contributed by atoms with van der Waals surface area (Å²) in [5.74, 6) is 0. The fraction of sp³-hybridized carbons (Fsp3) is 0. The summed E-state index contributed by atoms with van der Waals surface area (Å²) in [6.45, 7) is 0. The van der Waals surface area contributed by atoms with Crippen molar-refractivity contribution in [2.24, 2.45) is 9.98 Å². The van der Waals surface area contributed by atoms with Gasteiger partial charge in [-0.15, -0.1) is 0 Å². The molecule has 0 fully saturated rings. The van der Waals surface area contributed by atoms with Gasteiger partial charge in [-0.25, -0.2) is 14.6 Å². The zero-order valence-electron chi connectivity index (χ0n) is 18.4. The summed E-state index contributed by atoms with van der Waals surface area (Å²) in [6.07, 6.45) is 0. The van der Waals surface area contributed by atoms with Gasteiger partial charge in [-0.05, 0) is 48.5 Å². The summed E-state index contributed by atoms with van der Waals surface area (Å²) in [5.41, 5.74) is 5.72. The number of nitrogens with zero attached hydrogens (tertiary/aromatic N) is 5. The van der Waals surface area contributed by atoms with Crippen LogP contribution in [0.25, 0.3) is 22.2 Å². The quantitative estimate of drug-likeness (QED) is 0.347. The Labute approximate surface area is 196 Å². The van der Waals surface area contributed by atoms with Crippen LogP contribution in [-0.2, 0) is 0 Å². The Hall–Kier alpha value is -4.77. The molecular weight excluding hydrogens is 418 g/mol. The summed E-state index contributed by atoms with van der Waals surface area (Å²) in [6, 6.07) is 42.4. The van der Waals surface area contributed by atoms with Crippen molar-refractivity contribution in [2.45, 2.75) is 0 Å². The lowest BCUT2D eigenvalue weighted by molar-refractivity contribution is 0.763. The molecule has 0 radical (unpaired) electrons. The van der Waals surface area contributed by atoms with E-state index >= 15 is 0 Å². The summed E-state index contributed by atoms with van der Waals surface area (Å²) in [4.78, 5) is 15.1. The van der Waals surface area contributed by atoms with Crippen LogP contribution in [-0.4, -0.2) is 14.0 Å². The first kappa shape index (κ1) is 19.9. The minimum Gasteiger partial charge on any atom is -0.263 e. The highest BCUT2D eigenvalue weighted by Crippen LogP contribution is 2.17. The summed E-state index contributed by atoms with van der Waals surface area (Å²) >= 11 is 0. The van der Waals surface area contributed by atoms with E-state index in [-0.39, 0.29) is 0 Å². The van der Waals surface area contributed by atoms with Gasteiger partial charge in [0.1, 0.15) is 5.65 Å². The van der Waals surface area contributed by atoms with E-state index in [9.17, 15) is 0 Å². The summed E-state index contributed by atoms with van der Waals surface area (Å²) in [5, 5.41) is 1.08. The smallest absolute Gasteiger partial charge is 0.239 e. The fourth-order valence-electron chi connectivity index (χ4n) is 4.06. The second-order valence-electron chi connectivity index (χ2n) is 7.87. The van der Waals surface area contributed by atoms with Crippen LogP contribution in [0.5, 0.6) is 0 Å². The summed E-state index contributed by atoms with van der Waals surface area (Å²) < 4.78 is 4.11. The molecule has 5 heteroatoms. The first-order valence-corrected chi connectivity index (χ1v) is 11.2. The lowest BCUT2D eigenvalue weighted by Crippen LogP contribution is -2.39. The standard InChI is InChI=1S/C29H21N5/c1-5-13-22-21-27-32-28(30-23-14-6-2-7-15-23)33(25-18-10-4-11-19-25)29(34(27)26(22)20-12-1)31-24-16-8-3-9-17-24/h1-21H. The third kappa shape index (κ3) is 3.69. The molecule has 0 bridgehead atoms. The lowest BCUT2D eigenvalue weighted by Gasteiger charge is -2.11. The van der Waals surface area contributed by atoms with Crippen LogP contribution in [0.4, 0.5) is 11.4 Å². The Balaban J connectivity index is 1.86. The normalized spacial score (nSPS) is 12.5. The van der Waals surface area contributed by atoms with Gasteiger partial charge in [-0.2, -0.15) is 4.98 Å². The minimum absolute atomic E-state index is 0.562. The van der Waals surface area contributed by atoms with Crippen molar-refractivity contribution < 1.29 is 0 Å². The number of aromatic nitrogens is 3. The monoisotopic (exact) mass is 439 g/mol. The second-order valence-corrected chi connectivity index (χ2v) is 7.87. The van der Waals surface area contributed by atoms with Crippen LogP contribution >= 0.6 is 0 Å². The van der Waals surface area contributed by atoms with Gasteiger partial charge in [0.05, 0.1) is 22.6 Å². The van der Waals surface area contributed by atoms with E-state index in [1.54, 1.807) is 0 Å². The predicted octanol–water partition coefficient (Wildman–Crippen LogP) is 5.74. The largest absolute Gasteiger partial charge is 0.263 e. The molecule has 2 aromatic heterocycles. The second kappa shape index (κ2) is 8.64. The van der Waals surface area contributed by atoms with Crippen LogP contribution in [0, 0.1) is 0 Å². The Kier molecular flexibility index (Phi) is 5.05. The van der Waals surface area contributed by atoms with E-state index in [2.05, 4.69) is 22.6 Å². The van der Waals surface area contributed by atoms with Crippen molar-refractivity contribution in [3.05, 3.63) is 139 Å². The molecule has 2 heterocycles. The Bertz CT molecular complexity index is 1730. The average molecular weight is 440 g/mol. The van der Waals surface area contributed by atoms with Crippen molar-refractivity contribution >= 4 is 27.9 Å². The molecule has 4 aromatic carbocycles. The molecule has 0 atom stereocenters. The van der Waals surface area contributed by atoms with Crippen LogP contribution < -0.4 is 11.2 Å². The molecule has 0 aliphatic rings. The average Bonchev–Trinajstić information content (AvgIpc) is 3.06. The third-order valence-corrected chi connectivity index (χ3v) is 5.60. The highest BCUT2D eigenvalue weighted by atomic mass is 15.2. The molecule has 0 amide bonds. The van der Waals surface area contributed by atoms with E-state index in [1.165, 1.54) is 0 Å². The predicted molar refractivity (Wildman–Crippen MR) is 135 cm³/mol. The van der Waals surface area contributed by atoms with Gasteiger partial charge < -0.3 is 0 Å². The fourth-order valence-corrected chi connectivity index (χ4v) is 4.06.